The Kier molecular flexibility index (Phi) is 68.7. The summed E-state index contributed by atoms with van der Waals surface area (Å²) in [6.45, 7) is 14.3. The highest BCUT2D eigenvalue weighted by atomic mass is 31.2. The third-order valence-corrected chi connectivity index (χ3v) is 22.2. The van der Waals surface area contributed by atoms with Crippen LogP contribution in [0.4, 0.5) is 0 Å². The van der Waals surface area contributed by atoms with Gasteiger partial charge in [0.25, 0.3) is 0 Å². The molecule has 594 valence electrons. The standard InChI is InChI=1S/C81H158O17P2/c1-9-71(5)57-49-41-33-27-21-19-17-15-13-14-16-18-20-22-31-37-47-55-63-80(85)97-76(67-91-78(83)61-53-45-36-30-25-23-28-34-42-50-58-72(6)10-2)69-95-99(87,88)93-65-75(82)66-94-100(89,90)96-70-77(68-92-79(84)62-54-46-40-39-44-52-60-74(8)12-4)98-81(86)64-56-48-38-32-26-24-29-35-43-51-59-73(7)11-3/h71-77,82H,9-70H2,1-8H3,(H,87,88)(H,89,90)/t71?,72?,73?,74?,75-,76-,77-/m1/s1. The Bertz CT molecular complexity index is 1960. The van der Waals surface area contributed by atoms with Crippen LogP contribution in [0.1, 0.15) is 415 Å². The third-order valence-electron chi connectivity index (χ3n) is 20.3. The molecule has 0 aliphatic carbocycles. The first-order valence-electron chi connectivity index (χ1n) is 41.9. The van der Waals surface area contributed by atoms with Crippen molar-refractivity contribution >= 4 is 39.5 Å². The Balaban J connectivity index is 5.23. The summed E-state index contributed by atoms with van der Waals surface area (Å²) in [5.74, 6) is 1.10. The number of carbonyl (C=O) groups excluding carboxylic acids is 4. The van der Waals surface area contributed by atoms with Crippen molar-refractivity contribution in [3.05, 3.63) is 0 Å². The second-order valence-electron chi connectivity index (χ2n) is 30.1. The second-order valence-corrected chi connectivity index (χ2v) is 33.0. The molecule has 17 nitrogen and oxygen atoms in total. The van der Waals surface area contributed by atoms with E-state index in [0.29, 0.717) is 25.7 Å². The molecule has 0 radical (unpaired) electrons. The van der Waals surface area contributed by atoms with Crippen molar-refractivity contribution < 1.29 is 80.2 Å². The van der Waals surface area contributed by atoms with Crippen molar-refractivity contribution in [3.8, 4) is 0 Å². The van der Waals surface area contributed by atoms with Gasteiger partial charge in [0.1, 0.15) is 19.3 Å². The fourth-order valence-corrected chi connectivity index (χ4v) is 13.9. The number of phosphoric acid groups is 2. The number of phosphoric ester groups is 2. The van der Waals surface area contributed by atoms with E-state index in [0.717, 1.165) is 120 Å². The smallest absolute Gasteiger partial charge is 0.462 e. The number of aliphatic hydroxyl groups excluding tert-OH is 1. The Morgan fingerprint density at radius 1 is 0.270 bits per heavy atom. The predicted octanol–water partition coefficient (Wildman–Crippen LogP) is 24.0. The molecule has 0 saturated carbocycles. The van der Waals surface area contributed by atoms with Crippen LogP contribution in [0.25, 0.3) is 0 Å². The van der Waals surface area contributed by atoms with E-state index in [2.05, 4.69) is 55.4 Å². The topological polar surface area (TPSA) is 237 Å². The molecule has 100 heavy (non-hydrogen) atoms. The summed E-state index contributed by atoms with van der Waals surface area (Å²) in [4.78, 5) is 73.0. The van der Waals surface area contributed by atoms with E-state index in [1.807, 2.05) is 0 Å². The molecule has 0 saturated heterocycles. The Labute approximate surface area is 613 Å². The lowest BCUT2D eigenvalue weighted by molar-refractivity contribution is -0.161. The molecule has 0 aliphatic rings. The van der Waals surface area contributed by atoms with E-state index in [1.54, 1.807) is 0 Å². The summed E-state index contributed by atoms with van der Waals surface area (Å²) >= 11 is 0. The molecule has 0 spiro atoms. The van der Waals surface area contributed by atoms with Gasteiger partial charge in [-0.15, -0.1) is 0 Å². The summed E-state index contributed by atoms with van der Waals surface area (Å²) in [5.41, 5.74) is 0. The van der Waals surface area contributed by atoms with Gasteiger partial charge in [-0.2, -0.15) is 0 Å². The highest BCUT2D eigenvalue weighted by Crippen LogP contribution is 2.45. The van der Waals surface area contributed by atoms with E-state index >= 15 is 0 Å². The molecule has 0 amide bonds. The predicted molar refractivity (Wildman–Crippen MR) is 409 cm³/mol. The number of carbonyl (C=O) groups is 4. The van der Waals surface area contributed by atoms with Gasteiger partial charge in [-0.05, 0) is 49.4 Å². The molecule has 3 N–H and O–H groups in total. The van der Waals surface area contributed by atoms with Crippen molar-refractivity contribution in [2.75, 3.05) is 39.6 Å². The maximum atomic E-state index is 13.1. The normalized spacial score (nSPS) is 15.1. The number of hydrogen-bond donors (Lipinski definition) is 3. The number of esters is 4. The van der Waals surface area contributed by atoms with Gasteiger partial charge in [0.15, 0.2) is 12.2 Å². The Morgan fingerprint density at radius 2 is 0.450 bits per heavy atom. The maximum absolute atomic E-state index is 13.1. The van der Waals surface area contributed by atoms with Crippen LogP contribution >= 0.6 is 15.6 Å². The number of ether oxygens (including phenoxy) is 4. The van der Waals surface area contributed by atoms with Gasteiger partial charge in [-0.25, -0.2) is 9.13 Å². The van der Waals surface area contributed by atoms with E-state index in [9.17, 15) is 43.2 Å². The first-order chi connectivity index (χ1) is 48.2. The maximum Gasteiger partial charge on any atom is 0.472 e. The third kappa shape index (κ3) is 69.1. The SMILES string of the molecule is CCC(C)CCCCCCCCCCCCCCCCCCCCC(=O)O[C@H](COC(=O)CCCCCCCCCCCCC(C)CC)COP(=O)(O)OC[C@@H](O)COP(=O)(O)OC[C@@H](COC(=O)CCCCCCCCC(C)CC)OC(=O)CCCCCCCCCCCCC(C)CC. The van der Waals surface area contributed by atoms with Crippen LogP contribution in [0, 0.1) is 23.7 Å². The zero-order valence-electron chi connectivity index (χ0n) is 65.8. The van der Waals surface area contributed by atoms with Gasteiger partial charge in [0.05, 0.1) is 26.4 Å². The fraction of sp³-hybridized carbons (Fsp3) is 0.951. The van der Waals surface area contributed by atoms with Gasteiger partial charge in [-0.3, -0.25) is 37.3 Å². The summed E-state index contributed by atoms with van der Waals surface area (Å²) < 4.78 is 68.7. The molecular formula is C81H158O17P2. The molecule has 0 aromatic carbocycles. The lowest BCUT2D eigenvalue weighted by Crippen LogP contribution is -2.30. The second kappa shape index (κ2) is 70.1. The molecule has 0 fully saturated rings. The van der Waals surface area contributed by atoms with Crippen LogP contribution in [0.2, 0.25) is 0 Å². The minimum Gasteiger partial charge on any atom is -0.462 e. The van der Waals surface area contributed by atoms with Crippen LogP contribution in [-0.2, 0) is 65.4 Å². The van der Waals surface area contributed by atoms with Gasteiger partial charge in [-0.1, -0.05) is 364 Å². The number of aliphatic hydroxyl groups is 1. The molecule has 0 aliphatic heterocycles. The van der Waals surface area contributed by atoms with Gasteiger partial charge >= 0.3 is 39.5 Å². The highest BCUT2D eigenvalue weighted by Gasteiger charge is 2.30. The molecule has 9 atom stereocenters. The molecule has 0 bridgehead atoms. The minimum absolute atomic E-state index is 0.105. The lowest BCUT2D eigenvalue weighted by atomic mass is 9.99. The van der Waals surface area contributed by atoms with Crippen LogP contribution in [0.3, 0.4) is 0 Å². The average Bonchev–Trinajstić information content (AvgIpc) is 0.931. The monoisotopic (exact) mass is 1470 g/mol. The van der Waals surface area contributed by atoms with Crippen molar-refractivity contribution in [2.24, 2.45) is 23.7 Å². The molecule has 0 aromatic rings. The van der Waals surface area contributed by atoms with E-state index in [4.69, 9.17) is 37.0 Å². The quantitative estimate of drug-likeness (QED) is 0.0222. The van der Waals surface area contributed by atoms with Crippen molar-refractivity contribution in [2.45, 2.75) is 433 Å². The summed E-state index contributed by atoms with van der Waals surface area (Å²) in [6, 6.07) is 0. The van der Waals surface area contributed by atoms with Gasteiger partial charge in [0, 0.05) is 25.7 Å². The Morgan fingerprint density at radius 3 is 0.660 bits per heavy atom. The van der Waals surface area contributed by atoms with Gasteiger partial charge in [0.2, 0.25) is 0 Å². The number of hydrogen-bond acceptors (Lipinski definition) is 15. The first kappa shape index (κ1) is 98.1. The molecule has 19 heteroatoms. The van der Waals surface area contributed by atoms with Crippen LogP contribution in [0.15, 0.2) is 0 Å². The van der Waals surface area contributed by atoms with Gasteiger partial charge < -0.3 is 33.8 Å². The highest BCUT2D eigenvalue weighted by molar-refractivity contribution is 7.47. The van der Waals surface area contributed by atoms with Crippen molar-refractivity contribution in [1.82, 2.24) is 0 Å². The fourth-order valence-electron chi connectivity index (χ4n) is 12.3. The zero-order chi connectivity index (χ0) is 73.8. The van der Waals surface area contributed by atoms with Crippen LogP contribution in [-0.4, -0.2) is 96.7 Å². The summed E-state index contributed by atoms with van der Waals surface area (Å²) in [5, 5.41) is 10.6. The summed E-state index contributed by atoms with van der Waals surface area (Å²) in [7, 11) is -9.92. The van der Waals surface area contributed by atoms with Crippen LogP contribution in [0.5, 0.6) is 0 Å². The molecular weight excluding hydrogens is 1310 g/mol. The van der Waals surface area contributed by atoms with E-state index in [1.165, 1.54) is 212 Å². The Hall–Kier alpha value is -1.94. The first-order valence-corrected chi connectivity index (χ1v) is 44.8. The van der Waals surface area contributed by atoms with E-state index < -0.39 is 97.5 Å². The molecule has 0 heterocycles. The summed E-state index contributed by atoms with van der Waals surface area (Å²) in [6.07, 6.45) is 56.8. The van der Waals surface area contributed by atoms with Crippen molar-refractivity contribution in [1.29, 1.82) is 0 Å². The largest absolute Gasteiger partial charge is 0.472 e. The van der Waals surface area contributed by atoms with Crippen molar-refractivity contribution in [3.63, 3.8) is 0 Å². The van der Waals surface area contributed by atoms with E-state index in [-0.39, 0.29) is 25.7 Å². The van der Waals surface area contributed by atoms with Crippen LogP contribution < -0.4 is 0 Å². The zero-order valence-corrected chi connectivity index (χ0v) is 67.6. The molecule has 6 unspecified atom stereocenters. The lowest BCUT2D eigenvalue weighted by Gasteiger charge is -2.21. The molecule has 0 aromatic heterocycles. The number of rotatable bonds is 78. The number of unbranched alkanes of at least 4 members (excludes halogenated alkanes) is 40. The minimum atomic E-state index is -4.96. The average molecular weight is 1470 g/mol. The molecule has 0 rings (SSSR count).